The van der Waals surface area contributed by atoms with Gasteiger partial charge in [-0.25, -0.2) is 0 Å². The van der Waals surface area contributed by atoms with E-state index in [0.29, 0.717) is 0 Å². The van der Waals surface area contributed by atoms with Gasteiger partial charge >= 0.3 is 0 Å². The smallest absolute Gasteiger partial charge is 0.116 e. The Kier molecular flexibility index (Phi) is 5.42. The van der Waals surface area contributed by atoms with Gasteiger partial charge in [-0.05, 0) is 38.1 Å². The second-order valence-corrected chi connectivity index (χ2v) is 6.01. The third-order valence-corrected chi connectivity index (χ3v) is 3.50. The normalized spacial score (nSPS) is 29.6. The van der Waals surface area contributed by atoms with Crippen molar-refractivity contribution in [2.45, 2.75) is 46.1 Å². The summed E-state index contributed by atoms with van der Waals surface area (Å²) in [6.07, 6.45) is 2.40. The summed E-state index contributed by atoms with van der Waals surface area (Å²) in [6, 6.07) is 2.44. The van der Waals surface area contributed by atoms with Crippen LogP contribution in [0.5, 0.6) is 0 Å². The van der Waals surface area contributed by atoms with Crippen molar-refractivity contribution >= 4 is 0 Å². The van der Waals surface area contributed by atoms with Crippen LogP contribution in [0.15, 0.2) is 0 Å². The molecule has 0 saturated carbocycles. The molecule has 1 rings (SSSR count). The van der Waals surface area contributed by atoms with E-state index < -0.39 is 5.54 Å². The van der Waals surface area contributed by atoms with Gasteiger partial charge in [0, 0.05) is 19.6 Å². The van der Waals surface area contributed by atoms with Crippen molar-refractivity contribution in [2.24, 2.45) is 11.8 Å². The lowest BCUT2D eigenvalue weighted by Gasteiger charge is -2.38. The van der Waals surface area contributed by atoms with Crippen LogP contribution in [0.2, 0.25) is 0 Å². The highest BCUT2D eigenvalue weighted by Gasteiger charge is 2.30. The van der Waals surface area contributed by atoms with Crippen molar-refractivity contribution in [3.63, 3.8) is 0 Å². The zero-order valence-corrected chi connectivity index (χ0v) is 11.8. The van der Waals surface area contributed by atoms with Crippen LogP contribution in [0.3, 0.4) is 0 Å². The van der Waals surface area contributed by atoms with Crippen molar-refractivity contribution < 1.29 is 0 Å². The number of hydrogen-bond donors (Lipinski definition) is 1. The Bertz CT molecular complexity index is 261. The van der Waals surface area contributed by atoms with Gasteiger partial charge in [-0.1, -0.05) is 20.8 Å². The first kappa shape index (κ1) is 14.5. The maximum Gasteiger partial charge on any atom is 0.116 e. The lowest BCUT2D eigenvalue weighted by molar-refractivity contribution is 0.119. The zero-order valence-electron chi connectivity index (χ0n) is 11.8. The highest BCUT2D eigenvalue weighted by Crippen LogP contribution is 2.22. The van der Waals surface area contributed by atoms with Crippen molar-refractivity contribution in [1.82, 2.24) is 10.2 Å². The SMILES string of the molecule is CCCNC(C)(C#N)CN1CC(C)CC(C)C1. The van der Waals surface area contributed by atoms with Gasteiger partial charge in [0.15, 0.2) is 0 Å². The summed E-state index contributed by atoms with van der Waals surface area (Å²) in [4.78, 5) is 2.45. The number of likely N-dealkylation sites (tertiary alicyclic amines) is 1. The predicted octanol–water partition coefficient (Wildman–Crippen LogP) is 2.25. The minimum absolute atomic E-state index is 0.396. The van der Waals surface area contributed by atoms with Crippen LogP contribution in [0.4, 0.5) is 0 Å². The number of nitrogens with zero attached hydrogens (tertiary/aromatic N) is 2. The molecule has 17 heavy (non-hydrogen) atoms. The molecule has 98 valence electrons. The molecular weight excluding hydrogens is 210 g/mol. The minimum atomic E-state index is -0.396. The maximum absolute atomic E-state index is 9.34. The molecule has 1 N–H and O–H groups in total. The van der Waals surface area contributed by atoms with Crippen LogP contribution in [-0.4, -0.2) is 36.6 Å². The standard InChI is InChI=1S/C14H27N3/c1-5-6-16-14(4,10-15)11-17-8-12(2)7-13(3)9-17/h12-13,16H,5-9,11H2,1-4H3. The van der Waals surface area contributed by atoms with Crippen LogP contribution in [0, 0.1) is 23.2 Å². The molecule has 0 aliphatic carbocycles. The van der Waals surface area contributed by atoms with E-state index >= 15 is 0 Å². The molecular formula is C14H27N3. The van der Waals surface area contributed by atoms with Crippen molar-refractivity contribution in [3.05, 3.63) is 0 Å². The second-order valence-electron chi connectivity index (χ2n) is 6.01. The molecule has 0 bridgehead atoms. The Morgan fingerprint density at radius 2 is 1.94 bits per heavy atom. The van der Waals surface area contributed by atoms with E-state index in [1.54, 1.807) is 0 Å². The summed E-state index contributed by atoms with van der Waals surface area (Å²) >= 11 is 0. The molecule has 0 amide bonds. The molecule has 3 nitrogen and oxygen atoms in total. The summed E-state index contributed by atoms with van der Waals surface area (Å²) in [5, 5.41) is 12.7. The van der Waals surface area contributed by atoms with E-state index in [1.165, 1.54) is 6.42 Å². The molecule has 1 fully saturated rings. The molecule has 0 aromatic carbocycles. The summed E-state index contributed by atoms with van der Waals surface area (Å²) in [7, 11) is 0. The topological polar surface area (TPSA) is 39.1 Å². The summed E-state index contributed by atoms with van der Waals surface area (Å²) in [6.45, 7) is 12.8. The molecule has 1 saturated heterocycles. The average Bonchev–Trinajstić information content (AvgIpc) is 2.25. The fourth-order valence-corrected chi connectivity index (χ4v) is 2.90. The van der Waals surface area contributed by atoms with Gasteiger partial charge in [-0.15, -0.1) is 0 Å². The molecule has 1 aliphatic heterocycles. The van der Waals surface area contributed by atoms with Crippen LogP contribution in [-0.2, 0) is 0 Å². The second kappa shape index (κ2) is 6.37. The molecule has 1 heterocycles. The lowest BCUT2D eigenvalue weighted by atomic mass is 9.90. The van der Waals surface area contributed by atoms with Crippen molar-refractivity contribution in [1.29, 1.82) is 5.26 Å². The summed E-state index contributed by atoms with van der Waals surface area (Å²) < 4.78 is 0. The first-order chi connectivity index (χ1) is 7.99. The number of rotatable bonds is 5. The van der Waals surface area contributed by atoms with Crippen LogP contribution in [0.25, 0.3) is 0 Å². The van der Waals surface area contributed by atoms with Crippen molar-refractivity contribution in [2.75, 3.05) is 26.2 Å². The molecule has 3 atom stereocenters. The van der Waals surface area contributed by atoms with E-state index in [-0.39, 0.29) is 0 Å². The number of nitrogens with one attached hydrogen (secondary N) is 1. The van der Waals surface area contributed by atoms with Gasteiger partial charge in [-0.3, -0.25) is 10.2 Å². The third-order valence-electron chi connectivity index (χ3n) is 3.50. The monoisotopic (exact) mass is 237 g/mol. The first-order valence-electron chi connectivity index (χ1n) is 6.87. The number of piperidine rings is 1. The van der Waals surface area contributed by atoms with Gasteiger partial charge in [0.05, 0.1) is 6.07 Å². The minimum Gasteiger partial charge on any atom is -0.300 e. The Morgan fingerprint density at radius 3 is 2.41 bits per heavy atom. The fraction of sp³-hybridized carbons (Fsp3) is 0.929. The van der Waals surface area contributed by atoms with E-state index in [0.717, 1.165) is 44.4 Å². The molecule has 0 aromatic heterocycles. The van der Waals surface area contributed by atoms with Gasteiger partial charge in [0.1, 0.15) is 5.54 Å². The largest absolute Gasteiger partial charge is 0.300 e. The Morgan fingerprint density at radius 1 is 1.35 bits per heavy atom. The first-order valence-corrected chi connectivity index (χ1v) is 6.87. The lowest BCUT2D eigenvalue weighted by Crippen LogP contribution is -2.53. The summed E-state index contributed by atoms with van der Waals surface area (Å²) in [5.41, 5.74) is -0.396. The fourth-order valence-electron chi connectivity index (χ4n) is 2.90. The molecule has 0 spiro atoms. The van der Waals surface area contributed by atoms with E-state index in [4.69, 9.17) is 0 Å². The van der Waals surface area contributed by atoms with E-state index in [9.17, 15) is 5.26 Å². The predicted molar refractivity (Wildman–Crippen MR) is 71.7 cm³/mol. The molecule has 3 heteroatoms. The maximum atomic E-state index is 9.34. The number of hydrogen-bond acceptors (Lipinski definition) is 3. The Balaban J connectivity index is 2.52. The van der Waals surface area contributed by atoms with Crippen molar-refractivity contribution in [3.8, 4) is 6.07 Å². The Labute approximate surface area is 106 Å². The molecule has 3 unspecified atom stereocenters. The summed E-state index contributed by atoms with van der Waals surface area (Å²) in [5.74, 6) is 1.51. The van der Waals surface area contributed by atoms with Gasteiger partial charge in [0.25, 0.3) is 0 Å². The van der Waals surface area contributed by atoms with Crippen LogP contribution >= 0.6 is 0 Å². The van der Waals surface area contributed by atoms with Gasteiger partial charge in [0.2, 0.25) is 0 Å². The number of nitriles is 1. The Hall–Kier alpha value is -0.590. The highest BCUT2D eigenvalue weighted by molar-refractivity contribution is 5.06. The van der Waals surface area contributed by atoms with Gasteiger partial charge in [-0.2, -0.15) is 5.26 Å². The quantitative estimate of drug-likeness (QED) is 0.797. The van der Waals surface area contributed by atoms with E-state index in [2.05, 4.69) is 37.1 Å². The molecule has 0 aromatic rings. The highest BCUT2D eigenvalue weighted by atomic mass is 15.2. The molecule has 1 aliphatic rings. The zero-order chi connectivity index (χ0) is 12.9. The van der Waals surface area contributed by atoms with Gasteiger partial charge < -0.3 is 0 Å². The van der Waals surface area contributed by atoms with Crippen LogP contribution < -0.4 is 5.32 Å². The van der Waals surface area contributed by atoms with Crippen LogP contribution in [0.1, 0.15) is 40.5 Å². The molecule has 0 radical (unpaired) electrons. The average molecular weight is 237 g/mol. The van der Waals surface area contributed by atoms with E-state index in [1.807, 2.05) is 6.92 Å². The third kappa shape index (κ3) is 4.65.